The van der Waals surface area contributed by atoms with Gasteiger partial charge in [0.15, 0.2) is 11.5 Å². The molecule has 27 heavy (non-hydrogen) atoms. The Morgan fingerprint density at radius 3 is 2.30 bits per heavy atom. The summed E-state index contributed by atoms with van der Waals surface area (Å²) >= 11 is 0. The summed E-state index contributed by atoms with van der Waals surface area (Å²) in [7, 11) is 1.67. The van der Waals surface area contributed by atoms with Crippen LogP contribution in [0.3, 0.4) is 0 Å². The van der Waals surface area contributed by atoms with E-state index < -0.39 is 0 Å². The van der Waals surface area contributed by atoms with E-state index in [2.05, 4.69) is 37.4 Å². The quantitative estimate of drug-likeness (QED) is 0.843. The molecule has 1 aliphatic heterocycles. The molecule has 0 aliphatic carbocycles. The van der Waals surface area contributed by atoms with Crippen molar-refractivity contribution in [1.29, 1.82) is 0 Å². The number of rotatable bonds is 6. The maximum absolute atomic E-state index is 12.1. The molecule has 1 aromatic carbocycles. The van der Waals surface area contributed by atoms with E-state index in [0.29, 0.717) is 5.69 Å². The molecule has 2 aromatic rings. The van der Waals surface area contributed by atoms with Crippen molar-refractivity contribution in [3.63, 3.8) is 0 Å². The van der Waals surface area contributed by atoms with E-state index >= 15 is 0 Å². The van der Waals surface area contributed by atoms with E-state index in [-0.39, 0.29) is 11.9 Å². The lowest BCUT2D eigenvalue weighted by Crippen LogP contribution is -2.47. The number of anilines is 2. The second-order valence-electron chi connectivity index (χ2n) is 6.73. The number of methoxy groups -OCH3 is 1. The number of carbonyl (C=O) groups is 1. The largest absolute Gasteiger partial charge is 0.497 e. The number of ether oxygens (including phenoxy) is 1. The molecular weight excluding hydrogens is 342 g/mol. The van der Waals surface area contributed by atoms with Crippen LogP contribution in [0.1, 0.15) is 30.8 Å². The molecule has 1 N–H and O–H groups in total. The molecular formula is C20H27N5O2. The van der Waals surface area contributed by atoms with Crippen molar-refractivity contribution in [2.45, 2.75) is 26.3 Å². The van der Waals surface area contributed by atoms with Crippen molar-refractivity contribution < 1.29 is 9.53 Å². The van der Waals surface area contributed by atoms with Crippen molar-refractivity contribution in [2.75, 3.05) is 43.1 Å². The smallest absolute Gasteiger partial charge is 0.272 e. The second-order valence-corrected chi connectivity index (χ2v) is 6.73. The monoisotopic (exact) mass is 369 g/mol. The van der Waals surface area contributed by atoms with Gasteiger partial charge in [-0.3, -0.25) is 4.79 Å². The minimum Gasteiger partial charge on any atom is -0.497 e. The van der Waals surface area contributed by atoms with Crippen LogP contribution in [0.5, 0.6) is 5.75 Å². The van der Waals surface area contributed by atoms with Gasteiger partial charge in [0, 0.05) is 37.9 Å². The van der Waals surface area contributed by atoms with Crippen molar-refractivity contribution in [1.82, 2.24) is 15.5 Å². The highest BCUT2D eigenvalue weighted by atomic mass is 16.5. The van der Waals surface area contributed by atoms with Crippen molar-refractivity contribution in [3.8, 4) is 5.75 Å². The maximum Gasteiger partial charge on any atom is 0.272 e. The average molecular weight is 369 g/mol. The van der Waals surface area contributed by atoms with E-state index in [1.54, 1.807) is 13.2 Å². The zero-order valence-corrected chi connectivity index (χ0v) is 16.2. The topological polar surface area (TPSA) is 70.6 Å². The lowest BCUT2D eigenvalue weighted by Gasteiger charge is -2.36. The SMILES string of the molecule is CCC(C)NC(=O)c1ccc(N2CCN(c3ccc(OC)cc3)CC2)nn1. The van der Waals surface area contributed by atoms with Gasteiger partial charge in [-0.25, -0.2) is 0 Å². The summed E-state index contributed by atoms with van der Waals surface area (Å²) in [6.45, 7) is 7.54. The first-order chi connectivity index (χ1) is 13.1. The standard InChI is InChI=1S/C20H27N5O2/c1-4-15(2)21-20(26)18-9-10-19(23-22-18)25-13-11-24(12-14-25)16-5-7-17(27-3)8-6-16/h5-10,15H,4,11-14H2,1-3H3,(H,21,26). The van der Waals surface area contributed by atoms with E-state index in [4.69, 9.17) is 4.74 Å². The molecule has 2 heterocycles. The van der Waals surface area contributed by atoms with Gasteiger partial charge in [0.25, 0.3) is 5.91 Å². The number of nitrogens with one attached hydrogen (secondary N) is 1. The Labute approximate surface area is 160 Å². The molecule has 144 valence electrons. The molecule has 0 radical (unpaired) electrons. The van der Waals surface area contributed by atoms with E-state index in [1.807, 2.05) is 32.0 Å². The van der Waals surface area contributed by atoms with Gasteiger partial charge in [-0.15, -0.1) is 10.2 Å². The second kappa shape index (κ2) is 8.70. The molecule has 7 nitrogen and oxygen atoms in total. The van der Waals surface area contributed by atoms with Gasteiger partial charge in [0.1, 0.15) is 5.75 Å². The van der Waals surface area contributed by atoms with Crippen LogP contribution in [-0.2, 0) is 0 Å². The van der Waals surface area contributed by atoms with Crippen molar-refractivity contribution in [2.24, 2.45) is 0 Å². The highest BCUT2D eigenvalue weighted by Crippen LogP contribution is 2.21. The number of hydrogen-bond donors (Lipinski definition) is 1. The summed E-state index contributed by atoms with van der Waals surface area (Å²) in [4.78, 5) is 16.6. The summed E-state index contributed by atoms with van der Waals surface area (Å²) in [5, 5.41) is 11.3. The first-order valence-electron chi connectivity index (χ1n) is 9.39. The third-order valence-electron chi connectivity index (χ3n) is 4.91. The Bertz CT molecular complexity index is 740. The fraction of sp³-hybridized carbons (Fsp3) is 0.450. The van der Waals surface area contributed by atoms with Crippen LogP contribution in [0.25, 0.3) is 0 Å². The molecule has 1 amide bonds. The first-order valence-corrected chi connectivity index (χ1v) is 9.39. The lowest BCUT2D eigenvalue weighted by atomic mass is 10.2. The fourth-order valence-electron chi connectivity index (χ4n) is 3.00. The Morgan fingerprint density at radius 2 is 1.74 bits per heavy atom. The van der Waals surface area contributed by atoms with Gasteiger partial charge in [0.2, 0.25) is 0 Å². The number of amides is 1. The van der Waals surface area contributed by atoms with Gasteiger partial charge < -0.3 is 19.9 Å². The first kappa shape index (κ1) is 18.9. The molecule has 1 aliphatic rings. The normalized spacial score (nSPS) is 15.4. The number of piperazine rings is 1. The highest BCUT2D eigenvalue weighted by Gasteiger charge is 2.19. The number of aromatic nitrogens is 2. The zero-order chi connectivity index (χ0) is 19.2. The number of hydrogen-bond acceptors (Lipinski definition) is 6. The lowest BCUT2D eigenvalue weighted by molar-refractivity contribution is 0.0933. The molecule has 0 saturated carbocycles. The third kappa shape index (κ3) is 4.67. The van der Waals surface area contributed by atoms with Crippen LogP contribution in [0, 0.1) is 0 Å². The molecule has 1 saturated heterocycles. The Kier molecular flexibility index (Phi) is 6.11. The van der Waals surface area contributed by atoms with Crippen LogP contribution in [0.2, 0.25) is 0 Å². The van der Waals surface area contributed by atoms with E-state index in [0.717, 1.165) is 44.2 Å². The van der Waals surface area contributed by atoms with Gasteiger partial charge >= 0.3 is 0 Å². The number of nitrogens with zero attached hydrogens (tertiary/aromatic N) is 4. The number of benzene rings is 1. The summed E-state index contributed by atoms with van der Waals surface area (Å²) in [5.74, 6) is 1.50. The molecule has 1 fully saturated rings. The van der Waals surface area contributed by atoms with E-state index in [1.165, 1.54) is 5.69 Å². The molecule has 1 aromatic heterocycles. The molecule has 1 atom stereocenters. The Hall–Kier alpha value is -2.83. The molecule has 1 unspecified atom stereocenters. The van der Waals surface area contributed by atoms with Gasteiger partial charge in [-0.1, -0.05) is 6.92 Å². The minimum atomic E-state index is -0.173. The fourth-order valence-corrected chi connectivity index (χ4v) is 3.00. The minimum absolute atomic E-state index is 0.130. The zero-order valence-electron chi connectivity index (χ0n) is 16.2. The average Bonchev–Trinajstić information content (AvgIpc) is 2.74. The van der Waals surface area contributed by atoms with Crippen molar-refractivity contribution in [3.05, 3.63) is 42.1 Å². The summed E-state index contributed by atoms with van der Waals surface area (Å²) in [5.41, 5.74) is 1.55. The predicted octanol–water partition coefficient (Wildman–Crippen LogP) is 2.34. The van der Waals surface area contributed by atoms with Crippen LogP contribution >= 0.6 is 0 Å². The maximum atomic E-state index is 12.1. The number of carbonyl (C=O) groups excluding carboxylic acids is 1. The molecule has 0 spiro atoms. The Balaban J connectivity index is 1.56. The Morgan fingerprint density at radius 1 is 1.07 bits per heavy atom. The van der Waals surface area contributed by atoms with Crippen molar-refractivity contribution >= 4 is 17.4 Å². The van der Waals surface area contributed by atoms with E-state index in [9.17, 15) is 4.79 Å². The van der Waals surface area contributed by atoms with Crippen LogP contribution in [0.4, 0.5) is 11.5 Å². The summed E-state index contributed by atoms with van der Waals surface area (Å²) in [6, 6.07) is 11.9. The third-order valence-corrected chi connectivity index (χ3v) is 4.91. The van der Waals surface area contributed by atoms with Crippen LogP contribution in [-0.4, -0.2) is 55.4 Å². The summed E-state index contributed by atoms with van der Waals surface area (Å²) in [6.07, 6.45) is 0.885. The molecule has 3 rings (SSSR count). The van der Waals surface area contributed by atoms with Crippen LogP contribution < -0.4 is 19.9 Å². The molecule has 7 heteroatoms. The van der Waals surface area contributed by atoms with Gasteiger partial charge in [-0.05, 0) is 49.7 Å². The highest BCUT2D eigenvalue weighted by molar-refractivity contribution is 5.92. The predicted molar refractivity (Wildman–Crippen MR) is 107 cm³/mol. The summed E-state index contributed by atoms with van der Waals surface area (Å²) < 4.78 is 5.21. The molecule has 0 bridgehead atoms. The van der Waals surface area contributed by atoms with Gasteiger partial charge in [0.05, 0.1) is 7.11 Å². The van der Waals surface area contributed by atoms with Gasteiger partial charge in [-0.2, -0.15) is 0 Å². The van der Waals surface area contributed by atoms with Crippen LogP contribution in [0.15, 0.2) is 36.4 Å².